The molecule has 118 valence electrons. The van der Waals surface area contributed by atoms with E-state index in [2.05, 4.69) is 24.1 Å². The lowest BCUT2D eigenvalue weighted by Crippen LogP contribution is -2.30. The Morgan fingerprint density at radius 2 is 2.19 bits per heavy atom. The van der Waals surface area contributed by atoms with Gasteiger partial charge in [-0.05, 0) is 50.4 Å². The molecule has 1 fully saturated rings. The molecule has 1 aromatic carbocycles. The van der Waals surface area contributed by atoms with Crippen molar-refractivity contribution in [1.82, 2.24) is 5.32 Å². The van der Waals surface area contributed by atoms with Gasteiger partial charge >= 0.3 is 0 Å². The van der Waals surface area contributed by atoms with Gasteiger partial charge in [0.2, 0.25) is 0 Å². The van der Waals surface area contributed by atoms with Crippen molar-refractivity contribution in [3.63, 3.8) is 0 Å². The molecule has 1 saturated carbocycles. The van der Waals surface area contributed by atoms with E-state index in [0.717, 1.165) is 37.9 Å². The molecule has 1 aromatic rings. The minimum atomic E-state index is -0.124. The number of nitrogens with zero attached hydrogens (tertiary/aromatic N) is 1. The van der Waals surface area contributed by atoms with Crippen LogP contribution in [0.5, 0.6) is 0 Å². The Labute approximate surface area is 127 Å². The van der Waals surface area contributed by atoms with Crippen LogP contribution in [-0.2, 0) is 4.74 Å². The van der Waals surface area contributed by atoms with Gasteiger partial charge in [-0.3, -0.25) is 0 Å². The van der Waals surface area contributed by atoms with Crippen molar-refractivity contribution >= 4 is 5.69 Å². The van der Waals surface area contributed by atoms with E-state index in [1.54, 1.807) is 13.2 Å². The quantitative estimate of drug-likeness (QED) is 0.754. The normalized spacial score (nSPS) is 16.0. The predicted octanol–water partition coefficient (Wildman–Crippen LogP) is 3.50. The van der Waals surface area contributed by atoms with Crippen molar-refractivity contribution in [2.24, 2.45) is 0 Å². The van der Waals surface area contributed by atoms with Crippen LogP contribution in [0.4, 0.5) is 10.1 Å². The van der Waals surface area contributed by atoms with Gasteiger partial charge in [0.15, 0.2) is 0 Å². The lowest BCUT2D eigenvalue weighted by atomic mass is 10.1. The molecule has 0 aliphatic heterocycles. The second-order valence-corrected chi connectivity index (χ2v) is 5.80. The number of rotatable bonds is 9. The Kier molecular flexibility index (Phi) is 6.00. The van der Waals surface area contributed by atoms with Crippen molar-refractivity contribution in [1.29, 1.82) is 0 Å². The summed E-state index contributed by atoms with van der Waals surface area (Å²) in [6.07, 6.45) is 3.39. The van der Waals surface area contributed by atoms with Crippen LogP contribution in [0.15, 0.2) is 18.2 Å². The van der Waals surface area contributed by atoms with E-state index in [0.29, 0.717) is 18.3 Å². The Morgan fingerprint density at radius 3 is 2.76 bits per heavy atom. The summed E-state index contributed by atoms with van der Waals surface area (Å²) in [6.45, 7) is 6.54. The molecule has 3 nitrogen and oxygen atoms in total. The predicted molar refractivity (Wildman–Crippen MR) is 85.4 cm³/mol. The molecular formula is C17H27FN2O. The maximum absolute atomic E-state index is 14.5. The average Bonchev–Trinajstić information content (AvgIpc) is 3.31. The largest absolute Gasteiger partial charge is 0.383 e. The smallest absolute Gasteiger partial charge is 0.146 e. The van der Waals surface area contributed by atoms with Gasteiger partial charge in [0.05, 0.1) is 12.3 Å². The molecule has 0 spiro atoms. The minimum absolute atomic E-state index is 0.124. The second-order valence-electron chi connectivity index (χ2n) is 5.80. The first kappa shape index (κ1) is 16.2. The zero-order valence-corrected chi connectivity index (χ0v) is 13.4. The molecule has 2 rings (SSSR count). The van der Waals surface area contributed by atoms with Gasteiger partial charge in [0.1, 0.15) is 5.82 Å². The maximum atomic E-state index is 14.5. The lowest BCUT2D eigenvalue weighted by molar-refractivity contribution is 0.204. The molecule has 0 radical (unpaired) electrons. The number of nitrogens with one attached hydrogen (secondary N) is 1. The van der Waals surface area contributed by atoms with E-state index in [4.69, 9.17) is 4.74 Å². The number of methoxy groups -OCH3 is 1. The fourth-order valence-electron chi connectivity index (χ4n) is 2.58. The van der Waals surface area contributed by atoms with Crippen LogP contribution < -0.4 is 10.2 Å². The first-order valence-electron chi connectivity index (χ1n) is 7.95. The molecule has 4 heteroatoms. The van der Waals surface area contributed by atoms with Gasteiger partial charge in [-0.2, -0.15) is 0 Å². The molecule has 0 bridgehead atoms. The molecule has 0 aromatic heterocycles. The van der Waals surface area contributed by atoms with Gasteiger partial charge in [-0.25, -0.2) is 4.39 Å². The van der Waals surface area contributed by atoms with E-state index >= 15 is 0 Å². The summed E-state index contributed by atoms with van der Waals surface area (Å²) < 4.78 is 19.6. The lowest BCUT2D eigenvalue weighted by Gasteiger charge is -2.25. The summed E-state index contributed by atoms with van der Waals surface area (Å²) in [7, 11) is 1.69. The van der Waals surface area contributed by atoms with E-state index in [1.807, 2.05) is 12.1 Å². The molecule has 0 heterocycles. The van der Waals surface area contributed by atoms with Crippen LogP contribution in [0.3, 0.4) is 0 Å². The topological polar surface area (TPSA) is 24.5 Å². The number of anilines is 1. The number of halogens is 1. The third-order valence-corrected chi connectivity index (χ3v) is 4.01. The maximum Gasteiger partial charge on any atom is 0.146 e. The van der Waals surface area contributed by atoms with Crippen LogP contribution in [-0.4, -0.2) is 32.8 Å². The van der Waals surface area contributed by atoms with E-state index in [-0.39, 0.29) is 11.9 Å². The van der Waals surface area contributed by atoms with Crippen LogP contribution in [0.2, 0.25) is 0 Å². The second kappa shape index (κ2) is 7.76. The molecule has 1 aliphatic carbocycles. The highest BCUT2D eigenvalue weighted by Gasteiger charge is 2.30. The summed E-state index contributed by atoms with van der Waals surface area (Å²) in [5.74, 6) is -0.124. The number of hydrogen-bond acceptors (Lipinski definition) is 3. The Morgan fingerprint density at radius 1 is 1.43 bits per heavy atom. The van der Waals surface area contributed by atoms with Crippen LogP contribution in [0.1, 0.15) is 44.7 Å². The molecule has 0 saturated heterocycles. The Balaban J connectivity index is 2.09. The first-order valence-corrected chi connectivity index (χ1v) is 7.95. The molecule has 1 atom stereocenters. The highest BCUT2D eigenvalue weighted by atomic mass is 19.1. The summed E-state index contributed by atoms with van der Waals surface area (Å²) >= 11 is 0. The van der Waals surface area contributed by atoms with Crippen molar-refractivity contribution in [2.45, 2.75) is 45.2 Å². The zero-order chi connectivity index (χ0) is 15.2. The highest BCUT2D eigenvalue weighted by Crippen LogP contribution is 2.33. The molecule has 21 heavy (non-hydrogen) atoms. The van der Waals surface area contributed by atoms with Crippen molar-refractivity contribution < 1.29 is 9.13 Å². The van der Waals surface area contributed by atoms with E-state index in [1.165, 1.54) is 0 Å². The fraction of sp³-hybridized carbons (Fsp3) is 0.647. The van der Waals surface area contributed by atoms with E-state index in [9.17, 15) is 4.39 Å². The van der Waals surface area contributed by atoms with Gasteiger partial charge in [0.25, 0.3) is 0 Å². The molecule has 1 unspecified atom stereocenters. The van der Waals surface area contributed by atoms with Crippen LogP contribution in [0, 0.1) is 5.82 Å². The highest BCUT2D eigenvalue weighted by molar-refractivity contribution is 5.51. The number of benzene rings is 1. The van der Waals surface area contributed by atoms with Gasteiger partial charge in [-0.1, -0.05) is 13.0 Å². The third kappa shape index (κ3) is 4.42. The monoisotopic (exact) mass is 294 g/mol. The fourth-order valence-corrected chi connectivity index (χ4v) is 2.58. The Hall–Kier alpha value is -1.13. The van der Waals surface area contributed by atoms with Crippen molar-refractivity contribution in [2.75, 3.05) is 31.7 Å². The molecular weight excluding hydrogens is 267 g/mol. The first-order chi connectivity index (χ1) is 10.2. The van der Waals surface area contributed by atoms with Crippen molar-refractivity contribution in [3.05, 3.63) is 29.6 Å². The van der Waals surface area contributed by atoms with Crippen LogP contribution in [0.25, 0.3) is 0 Å². The summed E-state index contributed by atoms with van der Waals surface area (Å²) in [5.41, 5.74) is 1.72. The zero-order valence-electron chi connectivity index (χ0n) is 13.4. The molecule has 1 aliphatic rings. The van der Waals surface area contributed by atoms with Crippen molar-refractivity contribution in [3.8, 4) is 0 Å². The van der Waals surface area contributed by atoms with Gasteiger partial charge in [-0.15, -0.1) is 0 Å². The summed E-state index contributed by atoms with van der Waals surface area (Å²) in [5, 5.41) is 3.39. The van der Waals surface area contributed by atoms with Gasteiger partial charge in [0, 0.05) is 25.7 Å². The van der Waals surface area contributed by atoms with E-state index < -0.39 is 0 Å². The minimum Gasteiger partial charge on any atom is -0.383 e. The third-order valence-electron chi connectivity index (χ3n) is 4.01. The molecule has 0 amide bonds. The number of ether oxygens (including phenoxy) is 1. The summed E-state index contributed by atoms with van der Waals surface area (Å²) in [4.78, 5) is 2.15. The van der Waals surface area contributed by atoms with Gasteiger partial charge < -0.3 is 15.0 Å². The summed E-state index contributed by atoms with van der Waals surface area (Å²) in [6, 6.07) is 6.29. The standard InChI is InChI=1S/C17H27FN2O/c1-4-9-19-13(2)14-5-8-17(16(18)12-14)20(10-11-21-3)15-6-7-15/h5,8,12-13,15,19H,4,6-7,9-11H2,1-3H3. The van der Waals surface area contributed by atoms with Crippen LogP contribution >= 0.6 is 0 Å². The Bertz CT molecular complexity index is 448. The average molecular weight is 294 g/mol. The number of hydrogen-bond donors (Lipinski definition) is 1. The SMILES string of the molecule is CCCNC(C)c1ccc(N(CCOC)C2CC2)c(F)c1. The molecule has 1 N–H and O–H groups in total.